The fourth-order valence-electron chi connectivity index (χ4n) is 11.0. The predicted molar refractivity (Wildman–Crippen MR) is 241 cm³/mol. The van der Waals surface area contributed by atoms with Crippen LogP contribution >= 0.6 is 0 Å². The Morgan fingerprint density at radius 2 is 0.672 bits per heavy atom. The number of hydrogen-bond donors (Lipinski definition) is 0. The molecule has 15 aromatic rings. The van der Waals surface area contributed by atoms with Gasteiger partial charge in [-0.25, -0.2) is 0 Å². The van der Waals surface area contributed by atoms with Crippen LogP contribution in [0.25, 0.3) is 142 Å². The van der Waals surface area contributed by atoms with Gasteiger partial charge in [-0.05, 0) is 47.5 Å². The van der Waals surface area contributed by atoms with Crippen molar-refractivity contribution in [3.05, 3.63) is 170 Å². The van der Waals surface area contributed by atoms with Gasteiger partial charge in [0.1, 0.15) is 22.3 Å². The highest BCUT2D eigenvalue weighted by atomic mass is 16.3. The molecular formula is C54H28N2O2. The number of fused-ring (bicyclic) bond motifs is 20. The zero-order valence-electron chi connectivity index (χ0n) is 30.9. The van der Waals surface area contributed by atoms with Gasteiger partial charge in [0, 0.05) is 65.0 Å². The summed E-state index contributed by atoms with van der Waals surface area (Å²) >= 11 is 0. The van der Waals surface area contributed by atoms with Gasteiger partial charge in [-0.2, -0.15) is 0 Å². The molecule has 0 unspecified atom stereocenters. The van der Waals surface area contributed by atoms with Gasteiger partial charge in [0.25, 0.3) is 0 Å². The molecule has 6 heterocycles. The number of furan rings is 2. The standard InChI is InChI=1S/C54H28N2O2/c1-3-15-29(16-4-1)43-45-47-49-35(27-37-33-21-9-13-25-41(33)57-53(37)47)32-20-8-12-24-40(32)56(49)52(45)44(30-17-5-2-6-18-30)46-48-50-36(31-19-7-11-23-39(31)55(50)51(43)46)28-38-34-22-10-14-26-42(34)58-54(38)48/h1-28H. The van der Waals surface area contributed by atoms with E-state index in [1.807, 2.05) is 0 Å². The van der Waals surface area contributed by atoms with E-state index in [0.29, 0.717) is 0 Å². The molecule has 266 valence electrons. The number of nitrogens with zero attached hydrogens (tertiary/aromatic N) is 2. The summed E-state index contributed by atoms with van der Waals surface area (Å²) in [6.07, 6.45) is 0. The summed E-state index contributed by atoms with van der Waals surface area (Å²) < 4.78 is 19.2. The topological polar surface area (TPSA) is 35.1 Å². The van der Waals surface area contributed by atoms with Gasteiger partial charge in [0.2, 0.25) is 0 Å². The smallest absolute Gasteiger partial charge is 0.145 e. The van der Waals surface area contributed by atoms with Crippen LogP contribution in [0.2, 0.25) is 0 Å². The quantitative estimate of drug-likeness (QED) is 0.177. The van der Waals surface area contributed by atoms with Crippen LogP contribution in [0.5, 0.6) is 0 Å². The van der Waals surface area contributed by atoms with E-state index in [9.17, 15) is 0 Å². The molecule has 4 nitrogen and oxygen atoms in total. The van der Waals surface area contributed by atoms with Crippen LogP contribution in [-0.4, -0.2) is 8.80 Å². The lowest BCUT2D eigenvalue weighted by Crippen LogP contribution is -1.93. The maximum absolute atomic E-state index is 7.06. The summed E-state index contributed by atoms with van der Waals surface area (Å²) in [5, 5.41) is 14.1. The molecule has 0 saturated heterocycles. The van der Waals surface area contributed by atoms with Crippen LogP contribution in [0.4, 0.5) is 0 Å². The van der Waals surface area contributed by atoms with Crippen molar-refractivity contribution >= 4 is 120 Å². The number of rotatable bonds is 2. The average molecular weight is 737 g/mol. The average Bonchev–Trinajstić information content (AvgIpc) is 4.12. The summed E-state index contributed by atoms with van der Waals surface area (Å²) in [4.78, 5) is 0. The van der Waals surface area contributed by atoms with E-state index in [0.717, 1.165) is 65.8 Å². The summed E-state index contributed by atoms with van der Waals surface area (Å²) in [7, 11) is 0. The van der Waals surface area contributed by atoms with E-state index in [1.165, 1.54) is 76.5 Å². The Balaban J connectivity index is 1.38. The second-order valence-corrected chi connectivity index (χ2v) is 15.9. The monoisotopic (exact) mass is 736 g/mol. The van der Waals surface area contributed by atoms with Crippen LogP contribution in [-0.2, 0) is 0 Å². The van der Waals surface area contributed by atoms with Crippen molar-refractivity contribution in [2.75, 3.05) is 0 Å². The minimum absolute atomic E-state index is 0.897. The van der Waals surface area contributed by atoms with Crippen molar-refractivity contribution in [3.8, 4) is 22.3 Å². The molecule has 4 heteroatoms. The molecule has 9 aromatic carbocycles. The van der Waals surface area contributed by atoms with Crippen LogP contribution in [0.1, 0.15) is 0 Å². The van der Waals surface area contributed by atoms with Gasteiger partial charge < -0.3 is 17.6 Å². The normalized spacial score (nSPS) is 12.8. The summed E-state index contributed by atoms with van der Waals surface area (Å²) in [5.74, 6) is 0. The van der Waals surface area contributed by atoms with Gasteiger partial charge in [-0.3, -0.25) is 0 Å². The maximum atomic E-state index is 7.06. The molecule has 6 aromatic heterocycles. The minimum Gasteiger partial charge on any atom is -0.455 e. The van der Waals surface area contributed by atoms with Gasteiger partial charge in [0.15, 0.2) is 0 Å². The maximum Gasteiger partial charge on any atom is 0.145 e. The SMILES string of the molecule is c1ccc(-c2c3c4c5oc6ccccc6c5cc5c6ccccc6n(c3c(-c3ccccc3)c3c6c7oc8ccccc8c7cc7c8ccccc8n(c23)c76)c54)cc1. The fraction of sp³-hybridized carbons (Fsp3) is 0. The molecule has 0 N–H and O–H groups in total. The third-order valence-electron chi connectivity index (χ3n) is 13.1. The summed E-state index contributed by atoms with van der Waals surface area (Å²) in [6, 6.07) is 61.6. The zero-order chi connectivity index (χ0) is 37.4. The first kappa shape index (κ1) is 29.5. The van der Waals surface area contributed by atoms with Crippen LogP contribution in [0, 0.1) is 0 Å². The molecule has 0 saturated carbocycles. The molecule has 58 heavy (non-hydrogen) atoms. The third kappa shape index (κ3) is 3.30. The first-order chi connectivity index (χ1) is 28.8. The van der Waals surface area contributed by atoms with Crippen molar-refractivity contribution in [1.82, 2.24) is 8.80 Å². The molecule has 0 atom stereocenters. The van der Waals surface area contributed by atoms with E-state index >= 15 is 0 Å². The molecule has 0 bridgehead atoms. The molecule has 15 rings (SSSR count). The molecule has 0 aliphatic rings. The van der Waals surface area contributed by atoms with Gasteiger partial charge >= 0.3 is 0 Å². The van der Waals surface area contributed by atoms with Crippen molar-refractivity contribution in [2.24, 2.45) is 0 Å². The Kier molecular flexibility index (Phi) is 5.14. The minimum atomic E-state index is 0.897. The van der Waals surface area contributed by atoms with Crippen molar-refractivity contribution in [2.45, 2.75) is 0 Å². The Labute approximate surface area is 328 Å². The lowest BCUT2D eigenvalue weighted by atomic mass is 9.88. The van der Waals surface area contributed by atoms with Crippen LogP contribution in [0.15, 0.2) is 179 Å². The molecule has 0 aliphatic carbocycles. The highest BCUT2D eigenvalue weighted by Crippen LogP contribution is 2.57. The Morgan fingerprint density at radius 1 is 0.293 bits per heavy atom. The van der Waals surface area contributed by atoms with Gasteiger partial charge in [-0.1, -0.05) is 133 Å². The molecule has 0 radical (unpaired) electrons. The van der Waals surface area contributed by atoms with Crippen LogP contribution < -0.4 is 0 Å². The van der Waals surface area contributed by atoms with Gasteiger partial charge in [0.05, 0.1) is 43.9 Å². The number of para-hydroxylation sites is 4. The third-order valence-corrected chi connectivity index (χ3v) is 13.1. The molecule has 0 amide bonds. The second kappa shape index (κ2) is 10.1. The number of aromatic nitrogens is 2. The zero-order valence-corrected chi connectivity index (χ0v) is 30.9. The Morgan fingerprint density at radius 3 is 1.12 bits per heavy atom. The Bertz CT molecular complexity index is 3960. The first-order valence-electron chi connectivity index (χ1n) is 19.9. The molecule has 0 fully saturated rings. The highest BCUT2D eigenvalue weighted by Gasteiger charge is 2.33. The molecule has 0 aliphatic heterocycles. The summed E-state index contributed by atoms with van der Waals surface area (Å²) in [6.45, 7) is 0. The summed E-state index contributed by atoms with van der Waals surface area (Å²) in [5.41, 5.74) is 15.4. The van der Waals surface area contributed by atoms with E-state index < -0.39 is 0 Å². The highest BCUT2D eigenvalue weighted by molar-refractivity contribution is 6.43. The first-order valence-corrected chi connectivity index (χ1v) is 19.9. The lowest BCUT2D eigenvalue weighted by molar-refractivity contribution is 0.672. The number of hydrogen-bond acceptors (Lipinski definition) is 2. The van der Waals surface area contributed by atoms with E-state index in [1.54, 1.807) is 0 Å². The predicted octanol–water partition coefficient (Wildman–Crippen LogP) is 15.1. The van der Waals surface area contributed by atoms with E-state index in [2.05, 4.69) is 179 Å². The van der Waals surface area contributed by atoms with Crippen molar-refractivity contribution < 1.29 is 8.83 Å². The van der Waals surface area contributed by atoms with Crippen LogP contribution in [0.3, 0.4) is 0 Å². The van der Waals surface area contributed by atoms with Crippen molar-refractivity contribution in [1.29, 1.82) is 0 Å². The molecular weight excluding hydrogens is 709 g/mol. The second-order valence-electron chi connectivity index (χ2n) is 15.9. The largest absolute Gasteiger partial charge is 0.455 e. The van der Waals surface area contributed by atoms with Gasteiger partial charge in [-0.15, -0.1) is 0 Å². The Hall–Kier alpha value is -7.82. The van der Waals surface area contributed by atoms with E-state index in [-0.39, 0.29) is 0 Å². The molecule has 0 spiro atoms. The fourth-order valence-corrected chi connectivity index (χ4v) is 11.0. The number of benzene rings is 9. The van der Waals surface area contributed by atoms with Crippen molar-refractivity contribution in [3.63, 3.8) is 0 Å². The lowest BCUT2D eigenvalue weighted by Gasteiger charge is -2.16. The van der Waals surface area contributed by atoms with E-state index in [4.69, 9.17) is 8.83 Å².